The molecule has 1 amide bonds. The Balaban J connectivity index is 1.88. The molecule has 1 unspecified atom stereocenters. The van der Waals surface area contributed by atoms with Crippen molar-refractivity contribution in [2.24, 2.45) is 5.92 Å². The predicted molar refractivity (Wildman–Crippen MR) is 101 cm³/mol. The number of ether oxygens (including phenoxy) is 2. The zero-order valence-corrected chi connectivity index (χ0v) is 15.5. The molecule has 0 radical (unpaired) electrons. The van der Waals surface area contributed by atoms with E-state index in [2.05, 4.69) is 5.32 Å². The smallest absolute Gasteiger partial charge is 0.249 e. The molecule has 0 bridgehead atoms. The minimum Gasteiger partial charge on any atom is -0.492 e. The van der Waals surface area contributed by atoms with E-state index < -0.39 is 23.4 Å². The highest BCUT2D eigenvalue weighted by atomic mass is 19.1. The van der Waals surface area contributed by atoms with E-state index >= 15 is 0 Å². The lowest BCUT2D eigenvalue weighted by Gasteiger charge is -2.13. The second-order valence-corrected chi connectivity index (χ2v) is 5.83. The summed E-state index contributed by atoms with van der Waals surface area (Å²) in [4.78, 5) is 24.6. The topological polar surface area (TPSA) is 88.4 Å². The summed E-state index contributed by atoms with van der Waals surface area (Å²) in [5.41, 5.74) is 0.394. The van der Waals surface area contributed by atoms with E-state index in [9.17, 15) is 19.2 Å². The van der Waals surface area contributed by atoms with Gasteiger partial charge in [-0.05, 0) is 37.6 Å². The van der Waals surface area contributed by atoms with Gasteiger partial charge in [-0.15, -0.1) is 0 Å². The number of para-hydroxylation sites is 3. The van der Waals surface area contributed by atoms with Gasteiger partial charge in [0.25, 0.3) is 0 Å². The van der Waals surface area contributed by atoms with Gasteiger partial charge in [-0.3, -0.25) is 9.59 Å². The van der Waals surface area contributed by atoms with Crippen molar-refractivity contribution in [2.75, 3.05) is 18.5 Å². The van der Waals surface area contributed by atoms with E-state index in [1.54, 1.807) is 42.5 Å². The molecule has 1 atom stereocenters. The fraction of sp³-hybridized carbons (Fsp3) is 0.286. The number of hydrogen-bond donors (Lipinski definition) is 1. The van der Waals surface area contributed by atoms with Gasteiger partial charge in [0.15, 0.2) is 23.3 Å². The number of Topliss-reactive ketones (excluding diaryl/α,β-unsaturated/α-hetero) is 1. The molecular formula is C21H21FN2O4. The lowest BCUT2D eigenvalue weighted by atomic mass is 10.0. The molecule has 146 valence electrons. The van der Waals surface area contributed by atoms with Crippen molar-refractivity contribution < 1.29 is 23.5 Å². The average Bonchev–Trinajstić information content (AvgIpc) is 2.69. The number of ketones is 1. The third kappa shape index (κ3) is 5.81. The Kier molecular flexibility index (Phi) is 7.97. The number of nitrogens with zero attached hydrogens (tertiary/aromatic N) is 1. The Morgan fingerprint density at radius 2 is 1.79 bits per heavy atom. The van der Waals surface area contributed by atoms with Crippen LogP contribution >= 0.6 is 0 Å². The van der Waals surface area contributed by atoms with Gasteiger partial charge in [-0.2, -0.15) is 5.26 Å². The lowest BCUT2D eigenvalue weighted by molar-refractivity contribution is -0.129. The van der Waals surface area contributed by atoms with Crippen LogP contribution in [-0.4, -0.2) is 24.9 Å². The molecule has 0 fully saturated rings. The van der Waals surface area contributed by atoms with E-state index in [1.165, 1.54) is 12.1 Å². The van der Waals surface area contributed by atoms with Crippen LogP contribution in [0.5, 0.6) is 11.5 Å². The van der Waals surface area contributed by atoms with Gasteiger partial charge in [0.2, 0.25) is 5.91 Å². The van der Waals surface area contributed by atoms with Crippen molar-refractivity contribution in [2.45, 2.75) is 19.8 Å². The Morgan fingerprint density at radius 1 is 1.11 bits per heavy atom. The third-order valence-electron chi connectivity index (χ3n) is 3.82. The zero-order valence-electron chi connectivity index (χ0n) is 15.5. The molecule has 0 aliphatic rings. The van der Waals surface area contributed by atoms with Crippen molar-refractivity contribution >= 4 is 17.4 Å². The van der Waals surface area contributed by atoms with Gasteiger partial charge in [0, 0.05) is 6.42 Å². The number of rotatable bonds is 10. The Morgan fingerprint density at radius 3 is 2.46 bits per heavy atom. The van der Waals surface area contributed by atoms with Crippen molar-refractivity contribution in [3.63, 3.8) is 0 Å². The summed E-state index contributed by atoms with van der Waals surface area (Å²) in [5, 5.41) is 11.8. The summed E-state index contributed by atoms with van der Waals surface area (Å²) in [6, 6.07) is 14.5. The highest BCUT2D eigenvalue weighted by molar-refractivity contribution is 6.09. The first-order chi connectivity index (χ1) is 13.6. The highest BCUT2D eigenvalue weighted by Crippen LogP contribution is 2.24. The summed E-state index contributed by atoms with van der Waals surface area (Å²) >= 11 is 0. The second kappa shape index (κ2) is 10.7. The number of nitrogens with one attached hydrogen (secondary N) is 1. The van der Waals surface area contributed by atoms with Crippen molar-refractivity contribution in [3.8, 4) is 17.6 Å². The fourth-order valence-corrected chi connectivity index (χ4v) is 2.47. The van der Waals surface area contributed by atoms with Gasteiger partial charge in [-0.1, -0.05) is 24.3 Å². The van der Waals surface area contributed by atoms with E-state index in [1.807, 2.05) is 6.92 Å². The van der Waals surface area contributed by atoms with Gasteiger partial charge < -0.3 is 14.8 Å². The Labute approximate surface area is 162 Å². The third-order valence-corrected chi connectivity index (χ3v) is 3.82. The lowest BCUT2D eigenvalue weighted by Crippen LogP contribution is -2.29. The highest BCUT2D eigenvalue weighted by Gasteiger charge is 2.26. The average molecular weight is 384 g/mol. The molecule has 7 heteroatoms. The second-order valence-electron chi connectivity index (χ2n) is 5.83. The molecule has 0 saturated heterocycles. The van der Waals surface area contributed by atoms with E-state index in [0.717, 1.165) is 0 Å². The molecule has 0 saturated carbocycles. The number of amides is 1. The molecule has 0 aliphatic heterocycles. The number of carbonyl (C=O) groups excluding carboxylic acids is 2. The molecule has 1 N–H and O–H groups in total. The summed E-state index contributed by atoms with van der Waals surface area (Å²) in [6.45, 7) is 2.32. The number of hydrogen-bond acceptors (Lipinski definition) is 5. The maximum Gasteiger partial charge on any atom is 0.249 e. The number of benzene rings is 2. The Bertz CT molecular complexity index is 863. The van der Waals surface area contributed by atoms with Crippen molar-refractivity contribution in [1.82, 2.24) is 0 Å². The van der Waals surface area contributed by atoms with Gasteiger partial charge in [-0.25, -0.2) is 4.39 Å². The maximum atomic E-state index is 13.5. The number of carbonyl (C=O) groups is 2. The molecule has 0 heterocycles. The Hall–Kier alpha value is -3.40. The van der Waals surface area contributed by atoms with Crippen LogP contribution in [-0.2, 0) is 9.59 Å². The molecule has 0 aliphatic carbocycles. The maximum absolute atomic E-state index is 13.5. The molecule has 2 aromatic carbocycles. The largest absolute Gasteiger partial charge is 0.492 e. The van der Waals surface area contributed by atoms with Gasteiger partial charge in [0.05, 0.1) is 25.0 Å². The standard InChI is InChI=1S/C21H21FN2O4/c1-2-27-20-12-6-4-9-17(20)24-21(26)15(14-23)18(25)10-7-13-28-19-11-5-3-8-16(19)22/h3-6,8-9,11-12,15H,2,7,10,13H2,1H3,(H,24,26). The number of nitriles is 1. The minimum absolute atomic E-state index is 0.0345. The van der Waals surface area contributed by atoms with Crippen LogP contribution in [0, 0.1) is 23.1 Å². The van der Waals surface area contributed by atoms with E-state index in [0.29, 0.717) is 18.0 Å². The summed E-state index contributed by atoms with van der Waals surface area (Å²) in [5.74, 6) is -2.61. The van der Waals surface area contributed by atoms with E-state index in [4.69, 9.17) is 9.47 Å². The van der Waals surface area contributed by atoms with Gasteiger partial charge in [0.1, 0.15) is 5.75 Å². The first-order valence-electron chi connectivity index (χ1n) is 8.89. The fourth-order valence-electron chi connectivity index (χ4n) is 2.47. The van der Waals surface area contributed by atoms with Crippen molar-refractivity contribution in [3.05, 3.63) is 54.3 Å². The van der Waals surface area contributed by atoms with Crippen LogP contribution in [0.1, 0.15) is 19.8 Å². The van der Waals surface area contributed by atoms with E-state index in [-0.39, 0.29) is 25.2 Å². The number of anilines is 1. The molecule has 2 rings (SSSR count). The van der Waals surface area contributed by atoms with Crippen LogP contribution < -0.4 is 14.8 Å². The normalized spacial score (nSPS) is 11.2. The first kappa shape index (κ1) is 20.9. The minimum atomic E-state index is -1.44. The summed E-state index contributed by atoms with van der Waals surface area (Å²) in [7, 11) is 0. The summed E-state index contributed by atoms with van der Waals surface area (Å²) < 4.78 is 24.1. The molecule has 2 aromatic rings. The molecule has 28 heavy (non-hydrogen) atoms. The first-order valence-corrected chi connectivity index (χ1v) is 8.89. The SMILES string of the molecule is CCOc1ccccc1NC(=O)C(C#N)C(=O)CCCOc1ccccc1F. The molecular weight excluding hydrogens is 363 g/mol. The van der Waals surface area contributed by atoms with Crippen molar-refractivity contribution in [1.29, 1.82) is 5.26 Å². The number of halogens is 1. The molecule has 0 spiro atoms. The quantitative estimate of drug-likeness (QED) is 0.498. The zero-order chi connectivity index (χ0) is 20.4. The van der Waals surface area contributed by atoms with Crippen LogP contribution in [0.2, 0.25) is 0 Å². The molecule has 6 nitrogen and oxygen atoms in total. The van der Waals surface area contributed by atoms with Crippen LogP contribution in [0.15, 0.2) is 48.5 Å². The predicted octanol–water partition coefficient (Wildman–Crippen LogP) is 3.73. The van der Waals surface area contributed by atoms with Crippen LogP contribution in [0.25, 0.3) is 0 Å². The van der Waals surface area contributed by atoms with Crippen LogP contribution in [0.3, 0.4) is 0 Å². The van der Waals surface area contributed by atoms with Gasteiger partial charge >= 0.3 is 0 Å². The summed E-state index contributed by atoms with van der Waals surface area (Å²) in [6.07, 6.45) is 0.224. The van der Waals surface area contributed by atoms with Crippen LogP contribution in [0.4, 0.5) is 10.1 Å². The monoisotopic (exact) mass is 384 g/mol. The molecule has 0 aromatic heterocycles.